The summed E-state index contributed by atoms with van der Waals surface area (Å²) in [5, 5.41) is 5.58. The van der Waals surface area contributed by atoms with Crippen LogP contribution in [0.3, 0.4) is 0 Å². The fourth-order valence-corrected chi connectivity index (χ4v) is 4.14. The van der Waals surface area contributed by atoms with Crippen molar-refractivity contribution in [2.45, 2.75) is 10.8 Å². The Kier molecular flexibility index (Phi) is 5.03. The molecule has 0 radical (unpaired) electrons. The van der Waals surface area contributed by atoms with Crippen LogP contribution in [0.2, 0.25) is 5.02 Å². The highest BCUT2D eigenvalue weighted by Crippen LogP contribution is 2.20. The van der Waals surface area contributed by atoms with Gasteiger partial charge >= 0.3 is 0 Å². The van der Waals surface area contributed by atoms with E-state index < -0.39 is 10.0 Å². The van der Waals surface area contributed by atoms with Crippen molar-refractivity contribution in [2.24, 2.45) is 0 Å². The van der Waals surface area contributed by atoms with Crippen molar-refractivity contribution in [3.63, 3.8) is 0 Å². The number of pyridine rings is 1. The Morgan fingerprint density at radius 1 is 1.08 bits per heavy atom. The minimum atomic E-state index is -3.55. The molecule has 0 aliphatic carbocycles. The smallest absolute Gasteiger partial charge is 0.271 e. The fraction of sp³-hybridized carbons (Fsp3) is 0.0625. The summed E-state index contributed by atoms with van der Waals surface area (Å²) >= 11 is 7.01. The Hall–Kier alpha value is -2.09. The topological polar surface area (TPSA) is 71.1 Å². The van der Waals surface area contributed by atoms with Crippen LogP contribution in [0.4, 0.5) is 11.5 Å². The van der Waals surface area contributed by atoms with Gasteiger partial charge in [-0.1, -0.05) is 29.8 Å². The highest BCUT2D eigenvalue weighted by molar-refractivity contribution is 7.94. The maximum Gasteiger partial charge on any atom is 0.271 e. The van der Waals surface area contributed by atoms with Crippen molar-refractivity contribution >= 4 is 44.5 Å². The van der Waals surface area contributed by atoms with E-state index in [1.54, 1.807) is 29.6 Å². The second-order valence-corrected chi connectivity index (χ2v) is 8.24. The first kappa shape index (κ1) is 16.8. The van der Waals surface area contributed by atoms with Crippen molar-refractivity contribution in [3.8, 4) is 0 Å². The van der Waals surface area contributed by atoms with Crippen LogP contribution >= 0.6 is 22.9 Å². The highest BCUT2D eigenvalue weighted by atomic mass is 35.5. The van der Waals surface area contributed by atoms with Crippen molar-refractivity contribution in [1.82, 2.24) is 4.98 Å². The predicted molar refractivity (Wildman–Crippen MR) is 98.1 cm³/mol. The van der Waals surface area contributed by atoms with Crippen LogP contribution in [0.5, 0.6) is 0 Å². The van der Waals surface area contributed by atoms with Gasteiger partial charge in [-0.3, -0.25) is 4.72 Å². The molecule has 0 aliphatic heterocycles. The van der Waals surface area contributed by atoms with Crippen LogP contribution in [-0.2, 0) is 16.6 Å². The van der Waals surface area contributed by atoms with Gasteiger partial charge in [0.25, 0.3) is 10.0 Å². The number of rotatable bonds is 6. The number of hydrogen-bond donors (Lipinski definition) is 2. The third kappa shape index (κ3) is 4.25. The molecule has 5 nitrogen and oxygen atoms in total. The Morgan fingerprint density at radius 3 is 2.50 bits per heavy atom. The average Bonchev–Trinajstić information content (AvgIpc) is 3.11. The van der Waals surface area contributed by atoms with E-state index in [2.05, 4.69) is 15.0 Å². The molecular formula is C16H14ClN3O2S2. The molecule has 0 saturated carbocycles. The van der Waals surface area contributed by atoms with E-state index >= 15 is 0 Å². The summed E-state index contributed by atoms with van der Waals surface area (Å²) in [7, 11) is -3.55. The minimum absolute atomic E-state index is 0.271. The molecule has 0 bridgehead atoms. The monoisotopic (exact) mass is 379 g/mol. The van der Waals surface area contributed by atoms with E-state index in [9.17, 15) is 8.42 Å². The molecule has 0 fully saturated rings. The zero-order valence-electron chi connectivity index (χ0n) is 12.4. The van der Waals surface area contributed by atoms with Gasteiger partial charge in [0, 0.05) is 11.6 Å². The molecule has 3 aromatic rings. The van der Waals surface area contributed by atoms with Gasteiger partial charge in [0.15, 0.2) is 0 Å². The normalized spacial score (nSPS) is 11.2. The lowest BCUT2D eigenvalue weighted by atomic mass is 10.2. The van der Waals surface area contributed by atoms with E-state index in [0.717, 1.165) is 5.56 Å². The van der Waals surface area contributed by atoms with E-state index in [0.29, 0.717) is 23.1 Å². The van der Waals surface area contributed by atoms with Crippen LogP contribution in [0.15, 0.2) is 64.3 Å². The molecular weight excluding hydrogens is 366 g/mol. The third-order valence-corrected chi connectivity index (χ3v) is 6.19. The van der Waals surface area contributed by atoms with E-state index in [4.69, 9.17) is 11.6 Å². The van der Waals surface area contributed by atoms with Gasteiger partial charge < -0.3 is 5.32 Å². The summed E-state index contributed by atoms with van der Waals surface area (Å²) in [5.74, 6) is 0.657. The first-order chi connectivity index (χ1) is 11.5. The quantitative estimate of drug-likeness (QED) is 0.673. The van der Waals surface area contributed by atoms with E-state index in [-0.39, 0.29) is 4.21 Å². The molecule has 2 aromatic heterocycles. The lowest BCUT2D eigenvalue weighted by Gasteiger charge is -2.08. The van der Waals surface area contributed by atoms with Crippen molar-refractivity contribution in [1.29, 1.82) is 0 Å². The molecule has 0 saturated heterocycles. The molecule has 24 heavy (non-hydrogen) atoms. The second kappa shape index (κ2) is 7.21. The van der Waals surface area contributed by atoms with Crippen molar-refractivity contribution in [2.75, 3.05) is 10.0 Å². The maximum atomic E-state index is 12.1. The van der Waals surface area contributed by atoms with Gasteiger partial charge in [-0.25, -0.2) is 13.4 Å². The summed E-state index contributed by atoms with van der Waals surface area (Å²) in [6.45, 7) is 0.602. The summed E-state index contributed by atoms with van der Waals surface area (Å²) in [6.07, 6.45) is 1.48. The number of thiophene rings is 1. The molecule has 0 spiro atoms. The number of hydrogen-bond acceptors (Lipinski definition) is 5. The van der Waals surface area contributed by atoms with Crippen LogP contribution < -0.4 is 10.0 Å². The van der Waals surface area contributed by atoms with Crippen molar-refractivity contribution in [3.05, 3.63) is 70.7 Å². The zero-order chi connectivity index (χ0) is 17.0. The highest BCUT2D eigenvalue weighted by Gasteiger charge is 2.15. The van der Waals surface area contributed by atoms with Crippen LogP contribution in [-0.4, -0.2) is 13.4 Å². The number of halogens is 1. The van der Waals surface area contributed by atoms with Crippen LogP contribution in [0, 0.1) is 0 Å². The Bertz CT molecular complexity index is 894. The SMILES string of the molecule is O=S(=O)(Nc1ccc(NCc2ccc(Cl)cc2)nc1)c1cccs1. The van der Waals surface area contributed by atoms with Crippen molar-refractivity contribution < 1.29 is 8.42 Å². The molecule has 124 valence electrons. The largest absolute Gasteiger partial charge is 0.366 e. The first-order valence-electron chi connectivity index (χ1n) is 7.04. The fourth-order valence-electron chi connectivity index (χ4n) is 1.98. The molecule has 0 aliphatic rings. The molecule has 0 unspecified atom stereocenters. The number of anilines is 2. The number of aromatic nitrogens is 1. The number of benzene rings is 1. The molecule has 0 amide bonds. The van der Waals surface area contributed by atoms with Gasteiger partial charge in [-0.2, -0.15) is 0 Å². The van der Waals surface area contributed by atoms with Gasteiger partial charge in [0.2, 0.25) is 0 Å². The van der Waals surface area contributed by atoms with Crippen LogP contribution in [0.1, 0.15) is 5.56 Å². The third-order valence-electron chi connectivity index (χ3n) is 3.16. The number of sulfonamides is 1. The van der Waals surface area contributed by atoms with Gasteiger partial charge in [-0.05, 0) is 41.3 Å². The van der Waals surface area contributed by atoms with E-state index in [1.165, 1.54) is 17.5 Å². The Labute approximate surface area is 149 Å². The lowest BCUT2D eigenvalue weighted by molar-refractivity contribution is 0.603. The number of nitrogens with one attached hydrogen (secondary N) is 2. The summed E-state index contributed by atoms with van der Waals surface area (Å²) < 4.78 is 27.0. The minimum Gasteiger partial charge on any atom is -0.366 e. The zero-order valence-corrected chi connectivity index (χ0v) is 14.8. The maximum absolute atomic E-state index is 12.1. The first-order valence-corrected chi connectivity index (χ1v) is 9.78. The summed E-state index contributed by atoms with van der Waals surface area (Å²) in [6, 6.07) is 14.2. The van der Waals surface area contributed by atoms with E-state index in [1.807, 2.05) is 24.3 Å². The summed E-state index contributed by atoms with van der Waals surface area (Å²) in [4.78, 5) is 4.22. The van der Waals surface area contributed by atoms with Crippen LogP contribution in [0.25, 0.3) is 0 Å². The standard InChI is InChI=1S/C16H14ClN3O2S2/c17-13-5-3-12(4-6-13)10-18-15-8-7-14(11-19-15)20-24(21,22)16-2-1-9-23-16/h1-9,11,20H,10H2,(H,18,19). The second-order valence-electron chi connectivity index (χ2n) is 4.95. The van der Waals surface area contributed by atoms with Gasteiger partial charge in [0.1, 0.15) is 10.0 Å². The Balaban J connectivity index is 1.62. The molecule has 2 N–H and O–H groups in total. The number of nitrogens with zero attached hydrogens (tertiary/aromatic N) is 1. The molecule has 3 rings (SSSR count). The molecule has 1 aromatic carbocycles. The summed E-state index contributed by atoms with van der Waals surface area (Å²) in [5.41, 5.74) is 1.49. The van der Waals surface area contributed by atoms with Gasteiger partial charge in [-0.15, -0.1) is 11.3 Å². The molecule has 0 atom stereocenters. The lowest BCUT2D eigenvalue weighted by Crippen LogP contribution is -2.11. The Morgan fingerprint density at radius 2 is 1.88 bits per heavy atom. The predicted octanol–water partition coefficient (Wildman–Crippen LogP) is 4.21. The molecule has 8 heteroatoms. The molecule has 2 heterocycles. The average molecular weight is 380 g/mol. The van der Waals surface area contributed by atoms with Gasteiger partial charge in [0.05, 0.1) is 11.9 Å².